The smallest absolute Gasteiger partial charge is 0.412 e. The lowest BCUT2D eigenvalue weighted by Crippen LogP contribution is -2.49. The van der Waals surface area contributed by atoms with Crippen LogP contribution in [-0.2, 0) is 4.74 Å². The fraction of sp³-hybridized carbons (Fsp3) is 0.647. The molecule has 2 saturated heterocycles. The van der Waals surface area contributed by atoms with E-state index in [-0.39, 0.29) is 17.1 Å². The standard InChI is InChI=1S/C17H22ClF3N4O2/c1-16(2,3)27-15(26)23-13-5-14(22-6-12(13)18)25-8-10-4-11(25)7-24(10)9-17(19,20)21/h5-6,10-11H,4,7-9H2,1-3H3,(H,22,23,26)/t10?,11-/m1/s1. The topological polar surface area (TPSA) is 57.7 Å². The summed E-state index contributed by atoms with van der Waals surface area (Å²) in [6.45, 7) is 5.16. The third-order valence-corrected chi connectivity index (χ3v) is 4.81. The van der Waals surface area contributed by atoms with Gasteiger partial charge in [0, 0.05) is 31.2 Å². The van der Waals surface area contributed by atoms with Crippen molar-refractivity contribution in [1.82, 2.24) is 9.88 Å². The van der Waals surface area contributed by atoms with Crippen LogP contribution in [0.25, 0.3) is 0 Å². The Balaban J connectivity index is 1.68. The predicted octanol–water partition coefficient (Wildman–Crippen LogP) is 3.91. The zero-order chi connectivity index (χ0) is 20.0. The molecule has 2 fully saturated rings. The summed E-state index contributed by atoms with van der Waals surface area (Å²) in [5, 5.41) is 2.85. The second-order valence-electron chi connectivity index (χ2n) is 7.89. The van der Waals surface area contributed by atoms with E-state index in [1.807, 2.05) is 4.90 Å². The van der Waals surface area contributed by atoms with Gasteiger partial charge in [0.05, 0.1) is 23.5 Å². The van der Waals surface area contributed by atoms with Crippen molar-refractivity contribution in [2.75, 3.05) is 29.9 Å². The van der Waals surface area contributed by atoms with Gasteiger partial charge in [-0.1, -0.05) is 11.6 Å². The molecule has 2 aliphatic rings. The number of alkyl halides is 3. The predicted molar refractivity (Wildman–Crippen MR) is 96.3 cm³/mol. The summed E-state index contributed by atoms with van der Waals surface area (Å²) in [5.74, 6) is 0.574. The van der Waals surface area contributed by atoms with Gasteiger partial charge in [-0.25, -0.2) is 9.78 Å². The third kappa shape index (κ3) is 4.95. The number of carbonyl (C=O) groups is 1. The number of halogens is 4. The summed E-state index contributed by atoms with van der Waals surface area (Å²) in [7, 11) is 0. The minimum absolute atomic E-state index is 0.0413. The minimum Gasteiger partial charge on any atom is -0.444 e. The zero-order valence-corrected chi connectivity index (χ0v) is 16.1. The molecule has 0 radical (unpaired) electrons. The quantitative estimate of drug-likeness (QED) is 0.824. The number of aromatic nitrogens is 1. The number of hydrogen-bond acceptors (Lipinski definition) is 5. The highest BCUT2D eigenvalue weighted by atomic mass is 35.5. The third-order valence-electron chi connectivity index (χ3n) is 4.51. The van der Waals surface area contributed by atoms with Crippen molar-refractivity contribution in [2.45, 2.75) is 51.1 Å². The van der Waals surface area contributed by atoms with Crippen molar-refractivity contribution in [1.29, 1.82) is 0 Å². The molecule has 0 aromatic carbocycles. The molecular weight excluding hydrogens is 385 g/mol. The molecule has 1 unspecified atom stereocenters. The molecule has 2 bridgehead atoms. The first kappa shape index (κ1) is 20.0. The second kappa shape index (κ2) is 7.01. The summed E-state index contributed by atoms with van der Waals surface area (Å²) in [4.78, 5) is 19.7. The molecule has 1 aromatic heterocycles. The minimum atomic E-state index is -4.20. The van der Waals surface area contributed by atoms with Crippen LogP contribution in [0.15, 0.2) is 12.3 Å². The van der Waals surface area contributed by atoms with E-state index in [1.165, 1.54) is 11.1 Å². The number of rotatable bonds is 3. The van der Waals surface area contributed by atoms with Gasteiger partial charge in [0.1, 0.15) is 11.4 Å². The van der Waals surface area contributed by atoms with E-state index >= 15 is 0 Å². The highest BCUT2D eigenvalue weighted by molar-refractivity contribution is 6.33. The van der Waals surface area contributed by atoms with E-state index in [1.54, 1.807) is 26.8 Å². The molecule has 0 aliphatic carbocycles. The number of likely N-dealkylation sites (tertiary alicyclic amines) is 1. The zero-order valence-electron chi connectivity index (χ0n) is 15.3. The Kier molecular flexibility index (Phi) is 5.20. The van der Waals surface area contributed by atoms with Crippen LogP contribution in [0, 0.1) is 0 Å². The number of nitrogens with one attached hydrogen (secondary N) is 1. The molecule has 27 heavy (non-hydrogen) atoms. The first-order chi connectivity index (χ1) is 12.4. The number of pyridine rings is 1. The van der Waals surface area contributed by atoms with Crippen molar-refractivity contribution in [3.8, 4) is 0 Å². The molecule has 0 saturated carbocycles. The van der Waals surface area contributed by atoms with Crippen LogP contribution in [0.5, 0.6) is 0 Å². The maximum Gasteiger partial charge on any atom is 0.412 e. The first-order valence-electron chi connectivity index (χ1n) is 8.64. The fourth-order valence-electron chi connectivity index (χ4n) is 3.55. The summed E-state index contributed by atoms with van der Waals surface area (Å²) in [5.41, 5.74) is -0.298. The fourth-order valence-corrected chi connectivity index (χ4v) is 3.70. The summed E-state index contributed by atoms with van der Waals surface area (Å²) in [6.07, 6.45) is -2.75. The number of fused-ring (bicyclic) bond motifs is 2. The van der Waals surface area contributed by atoms with Crippen molar-refractivity contribution >= 4 is 29.2 Å². The Morgan fingerprint density at radius 3 is 2.59 bits per heavy atom. The van der Waals surface area contributed by atoms with E-state index in [9.17, 15) is 18.0 Å². The molecule has 3 heterocycles. The Morgan fingerprint density at radius 1 is 1.33 bits per heavy atom. The molecule has 6 nitrogen and oxygen atoms in total. The monoisotopic (exact) mass is 406 g/mol. The molecule has 0 spiro atoms. The van der Waals surface area contributed by atoms with Gasteiger partial charge in [-0.15, -0.1) is 0 Å². The number of piperazine rings is 1. The number of ether oxygens (including phenoxy) is 1. The van der Waals surface area contributed by atoms with Crippen molar-refractivity contribution in [3.63, 3.8) is 0 Å². The number of anilines is 2. The van der Waals surface area contributed by atoms with Crippen LogP contribution in [0.1, 0.15) is 27.2 Å². The van der Waals surface area contributed by atoms with Crippen LogP contribution in [0.2, 0.25) is 5.02 Å². The Labute approximate surface area is 160 Å². The highest BCUT2D eigenvalue weighted by Crippen LogP contribution is 2.37. The van der Waals surface area contributed by atoms with Gasteiger partial charge in [0.15, 0.2) is 0 Å². The largest absolute Gasteiger partial charge is 0.444 e. The summed E-state index contributed by atoms with van der Waals surface area (Å²) in [6, 6.07) is 1.43. The number of nitrogens with zero attached hydrogens (tertiary/aromatic N) is 3. The van der Waals surface area contributed by atoms with Crippen LogP contribution < -0.4 is 10.2 Å². The van der Waals surface area contributed by atoms with Crippen LogP contribution in [0.4, 0.5) is 29.5 Å². The molecule has 150 valence electrons. The van der Waals surface area contributed by atoms with Gasteiger partial charge in [0.2, 0.25) is 0 Å². The second-order valence-corrected chi connectivity index (χ2v) is 8.30. The molecule has 10 heteroatoms. The molecule has 2 atom stereocenters. The van der Waals surface area contributed by atoms with Gasteiger partial charge in [0.25, 0.3) is 0 Å². The van der Waals surface area contributed by atoms with E-state index in [2.05, 4.69) is 10.3 Å². The first-order valence-corrected chi connectivity index (χ1v) is 9.02. The van der Waals surface area contributed by atoms with E-state index in [0.29, 0.717) is 31.0 Å². The lowest BCUT2D eigenvalue weighted by atomic mass is 10.2. The Morgan fingerprint density at radius 2 is 2.04 bits per heavy atom. The van der Waals surface area contributed by atoms with Gasteiger partial charge >= 0.3 is 12.3 Å². The van der Waals surface area contributed by atoms with Gasteiger partial charge in [-0.2, -0.15) is 13.2 Å². The maximum absolute atomic E-state index is 12.7. The van der Waals surface area contributed by atoms with Gasteiger partial charge in [-0.05, 0) is 27.2 Å². The van der Waals surface area contributed by atoms with E-state index in [0.717, 1.165) is 0 Å². The molecule has 1 amide bonds. The van der Waals surface area contributed by atoms with Gasteiger partial charge < -0.3 is 9.64 Å². The molecule has 3 rings (SSSR count). The lowest BCUT2D eigenvalue weighted by molar-refractivity contribution is -0.148. The van der Waals surface area contributed by atoms with Gasteiger partial charge in [-0.3, -0.25) is 10.2 Å². The Hall–Kier alpha value is -1.74. The molecular formula is C17H22ClF3N4O2. The average molecular weight is 407 g/mol. The number of amides is 1. The molecule has 2 aliphatic heterocycles. The van der Waals surface area contributed by atoms with Crippen LogP contribution in [-0.4, -0.2) is 59.5 Å². The van der Waals surface area contributed by atoms with Crippen molar-refractivity contribution in [3.05, 3.63) is 17.3 Å². The normalized spacial score (nSPS) is 23.0. The highest BCUT2D eigenvalue weighted by Gasteiger charge is 2.47. The van der Waals surface area contributed by atoms with Crippen LogP contribution in [0.3, 0.4) is 0 Å². The van der Waals surface area contributed by atoms with Crippen molar-refractivity contribution in [2.24, 2.45) is 0 Å². The molecule has 1 aromatic rings. The maximum atomic E-state index is 12.7. The lowest BCUT2D eigenvalue weighted by Gasteiger charge is -2.35. The number of hydrogen-bond donors (Lipinski definition) is 1. The van der Waals surface area contributed by atoms with Crippen molar-refractivity contribution < 1.29 is 22.7 Å². The SMILES string of the molecule is CC(C)(C)OC(=O)Nc1cc(N2CC3C[C@@H]2CN3CC(F)(F)F)ncc1Cl. The van der Waals surface area contributed by atoms with E-state index < -0.39 is 24.4 Å². The van der Waals surface area contributed by atoms with E-state index in [4.69, 9.17) is 16.3 Å². The number of carbonyl (C=O) groups excluding carboxylic acids is 1. The summed E-state index contributed by atoms with van der Waals surface area (Å²) < 4.78 is 43.2. The summed E-state index contributed by atoms with van der Waals surface area (Å²) >= 11 is 6.11. The van der Waals surface area contributed by atoms with Crippen LogP contribution >= 0.6 is 11.6 Å². The average Bonchev–Trinajstić information content (AvgIpc) is 3.05. The Bertz CT molecular complexity index is 723. The molecule has 1 N–H and O–H groups in total.